The van der Waals surface area contributed by atoms with Crippen LogP contribution in [0.4, 0.5) is 5.69 Å². The van der Waals surface area contributed by atoms with Crippen molar-refractivity contribution >= 4 is 23.6 Å². The summed E-state index contributed by atoms with van der Waals surface area (Å²) >= 11 is 6.14. The minimum atomic E-state index is 0. The summed E-state index contributed by atoms with van der Waals surface area (Å²) in [5, 5.41) is 0.507. The van der Waals surface area contributed by atoms with Gasteiger partial charge in [0, 0.05) is 13.1 Å². The third-order valence-corrected chi connectivity index (χ3v) is 3.70. The van der Waals surface area contributed by atoms with Crippen molar-refractivity contribution in [1.82, 2.24) is 0 Å². The van der Waals surface area contributed by atoms with Gasteiger partial charge in [0.25, 0.3) is 0 Å². The van der Waals surface area contributed by atoms with E-state index in [1.807, 2.05) is 18.4 Å². The van der Waals surface area contributed by atoms with Crippen molar-refractivity contribution in [3.05, 3.63) is 28.8 Å². The van der Waals surface area contributed by atoms with Gasteiger partial charge in [-0.3, -0.25) is 0 Å². The van der Waals surface area contributed by atoms with Crippen LogP contribution in [-0.2, 0) is 9.53 Å². The van der Waals surface area contributed by atoms with E-state index < -0.39 is 0 Å². The van der Waals surface area contributed by atoms with Crippen LogP contribution in [-0.4, -0.2) is 38.1 Å². The number of ether oxygens (including phenoxy) is 1. The Balaban J connectivity index is 0.000000810. The number of halogens is 1. The Labute approximate surface area is 153 Å². The summed E-state index contributed by atoms with van der Waals surface area (Å²) < 4.78 is 5.22. The van der Waals surface area contributed by atoms with E-state index in [1.54, 1.807) is 6.07 Å². The Hall–Kier alpha value is 0.536. The molecule has 18 heavy (non-hydrogen) atoms. The number of anilines is 1. The molecule has 92 valence electrons. The monoisotopic (exact) mass is 292 g/mol. The van der Waals surface area contributed by atoms with Gasteiger partial charge >= 0.3 is 51.4 Å². The van der Waals surface area contributed by atoms with E-state index in [2.05, 4.69) is 4.90 Å². The SMILES string of the molecule is O=[C-]c1cccc(N2CC3(COC3)C2)c1Cl.[K+].[OH-]. The molecule has 0 amide bonds. The van der Waals surface area contributed by atoms with Gasteiger partial charge in [0.2, 0.25) is 0 Å². The number of hydrogen-bond acceptors (Lipinski definition) is 4. The Morgan fingerprint density at radius 2 is 2.00 bits per heavy atom. The predicted octanol–water partition coefficient (Wildman–Crippen LogP) is -1.54. The van der Waals surface area contributed by atoms with Crippen LogP contribution in [0.3, 0.4) is 0 Å². The molecular formula is C12H12ClKNO3-. The van der Waals surface area contributed by atoms with Crippen molar-refractivity contribution in [1.29, 1.82) is 0 Å². The van der Waals surface area contributed by atoms with E-state index in [0.29, 0.717) is 16.0 Å². The zero-order valence-electron chi connectivity index (χ0n) is 10.1. The molecule has 2 saturated heterocycles. The molecule has 0 radical (unpaired) electrons. The number of hydrogen-bond donors (Lipinski definition) is 0. The quantitative estimate of drug-likeness (QED) is 0.490. The van der Waals surface area contributed by atoms with Crippen LogP contribution in [0.1, 0.15) is 5.56 Å². The molecule has 1 aromatic carbocycles. The average molecular weight is 293 g/mol. The molecule has 0 bridgehead atoms. The molecule has 2 aliphatic heterocycles. The van der Waals surface area contributed by atoms with Gasteiger partial charge in [0.05, 0.1) is 24.9 Å². The molecule has 1 aromatic rings. The zero-order chi connectivity index (χ0) is 11.2. The molecule has 6 heteroatoms. The minimum absolute atomic E-state index is 0. The fourth-order valence-corrected chi connectivity index (χ4v) is 2.63. The summed E-state index contributed by atoms with van der Waals surface area (Å²) in [5.74, 6) is 0. The number of carbonyl (C=O) groups excluding carboxylic acids is 1. The molecule has 0 atom stereocenters. The van der Waals surface area contributed by atoms with E-state index in [-0.39, 0.29) is 56.9 Å². The second-order valence-electron chi connectivity index (χ2n) is 4.59. The van der Waals surface area contributed by atoms with Crippen LogP contribution >= 0.6 is 11.6 Å². The number of benzene rings is 1. The van der Waals surface area contributed by atoms with Crippen LogP contribution in [0.25, 0.3) is 0 Å². The van der Waals surface area contributed by atoms with Gasteiger partial charge in [-0.25, -0.2) is 0 Å². The normalized spacial score (nSPS) is 19.1. The molecule has 2 fully saturated rings. The zero-order valence-corrected chi connectivity index (χ0v) is 14.0. The second-order valence-corrected chi connectivity index (χ2v) is 4.97. The van der Waals surface area contributed by atoms with Crippen molar-refractivity contribution in [2.45, 2.75) is 0 Å². The maximum atomic E-state index is 10.7. The molecule has 0 saturated carbocycles. The van der Waals surface area contributed by atoms with Crippen LogP contribution in [0.2, 0.25) is 5.02 Å². The fourth-order valence-electron chi connectivity index (χ4n) is 2.35. The van der Waals surface area contributed by atoms with Crippen molar-refractivity contribution in [3.63, 3.8) is 0 Å². The van der Waals surface area contributed by atoms with Gasteiger partial charge in [-0.15, -0.1) is 11.6 Å². The van der Waals surface area contributed by atoms with Crippen molar-refractivity contribution in [2.24, 2.45) is 5.41 Å². The number of nitrogens with zero attached hydrogens (tertiary/aromatic N) is 1. The smallest absolute Gasteiger partial charge is 0.870 e. The molecule has 1 N–H and O–H groups in total. The molecule has 0 aromatic heterocycles. The fraction of sp³-hybridized carbons (Fsp3) is 0.417. The van der Waals surface area contributed by atoms with Gasteiger partial charge in [-0.2, -0.15) is 17.7 Å². The standard InChI is InChI=1S/C12H11ClNO2.K.H2O/c13-11-9(4-15)2-1-3-10(11)14-5-12(6-14)7-16-8-12;;/h1-3H,5-8H2;;1H2/q-1;+1;/p-1. The Kier molecular flexibility index (Phi) is 5.83. The van der Waals surface area contributed by atoms with E-state index in [4.69, 9.17) is 16.3 Å². The molecule has 2 aliphatic rings. The van der Waals surface area contributed by atoms with Crippen molar-refractivity contribution < 1.29 is 66.4 Å². The second kappa shape index (κ2) is 6.32. The predicted molar refractivity (Wildman–Crippen MR) is 63.6 cm³/mol. The maximum Gasteiger partial charge on any atom is 1.00 e. The first-order valence-corrected chi connectivity index (χ1v) is 5.61. The largest absolute Gasteiger partial charge is 1.00 e. The number of rotatable bonds is 2. The Morgan fingerprint density at radius 1 is 1.33 bits per heavy atom. The molecule has 0 unspecified atom stereocenters. The van der Waals surface area contributed by atoms with E-state index in [9.17, 15) is 4.79 Å². The summed E-state index contributed by atoms with van der Waals surface area (Å²) in [6, 6.07) is 5.46. The Bertz CT molecular complexity index is 443. The van der Waals surface area contributed by atoms with Crippen molar-refractivity contribution in [3.8, 4) is 0 Å². The molecule has 3 rings (SSSR count). The Morgan fingerprint density at radius 3 is 2.50 bits per heavy atom. The first kappa shape index (κ1) is 16.6. The van der Waals surface area contributed by atoms with E-state index in [0.717, 1.165) is 32.0 Å². The average Bonchev–Trinajstić information content (AvgIpc) is 2.16. The summed E-state index contributed by atoms with van der Waals surface area (Å²) in [6.45, 7) is 3.63. The van der Waals surface area contributed by atoms with Crippen molar-refractivity contribution in [2.75, 3.05) is 31.2 Å². The van der Waals surface area contributed by atoms with E-state index in [1.165, 1.54) is 0 Å². The van der Waals surface area contributed by atoms with Crippen LogP contribution in [0.5, 0.6) is 0 Å². The summed E-state index contributed by atoms with van der Waals surface area (Å²) in [4.78, 5) is 12.8. The minimum Gasteiger partial charge on any atom is -0.870 e. The van der Waals surface area contributed by atoms with Crippen LogP contribution in [0.15, 0.2) is 18.2 Å². The third-order valence-electron chi connectivity index (χ3n) is 3.30. The molecule has 4 nitrogen and oxygen atoms in total. The summed E-state index contributed by atoms with van der Waals surface area (Å²) in [6.07, 6.45) is 1.85. The maximum absolute atomic E-state index is 10.7. The van der Waals surface area contributed by atoms with Gasteiger partial charge in [0.15, 0.2) is 0 Å². The molecular weight excluding hydrogens is 281 g/mol. The first-order valence-electron chi connectivity index (χ1n) is 5.23. The first-order chi connectivity index (χ1) is 7.74. The van der Waals surface area contributed by atoms with Crippen LogP contribution in [0, 0.1) is 5.41 Å². The summed E-state index contributed by atoms with van der Waals surface area (Å²) in [5.41, 5.74) is 1.72. The van der Waals surface area contributed by atoms with Gasteiger partial charge in [0.1, 0.15) is 0 Å². The van der Waals surface area contributed by atoms with Gasteiger partial charge in [-0.05, 0) is 10.7 Å². The third kappa shape index (κ3) is 2.69. The van der Waals surface area contributed by atoms with Gasteiger partial charge in [-0.1, -0.05) is 6.07 Å². The summed E-state index contributed by atoms with van der Waals surface area (Å²) in [7, 11) is 0. The molecule has 0 aliphatic carbocycles. The van der Waals surface area contributed by atoms with E-state index >= 15 is 0 Å². The topological polar surface area (TPSA) is 59.5 Å². The van der Waals surface area contributed by atoms with Gasteiger partial charge < -0.3 is 19.9 Å². The molecule has 2 heterocycles. The molecule has 1 spiro atoms. The van der Waals surface area contributed by atoms with Crippen LogP contribution < -0.4 is 56.3 Å².